The molecule has 1 amide bonds. The Hall–Kier alpha value is -1.84. The molecule has 0 aliphatic rings. The third-order valence-corrected chi connectivity index (χ3v) is 3.62. The standard InChI is InChI=1S/C18H22N2O.ClH/c1-13-4-8-15(9-5-13)12-20(3)18(21)17(19)16-10-6-14(2)7-11-16;/h4-11,17H,12,19H2,1-3H3;1H. The molecule has 118 valence electrons. The van der Waals surface area contributed by atoms with Gasteiger partial charge in [0.25, 0.3) is 0 Å². The van der Waals surface area contributed by atoms with Gasteiger partial charge in [0.1, 0.15) is 6.04 Å². The van der Waals surface area contributed by atoms with Crippen molar-refractivity contribution in [3.05, 3.63) is 70.8 Å². The summed E-state index contributed by atoms with van der Waals surface area (Å²) in [6.07, 6.45) is 0. The van der Waals surface area contributed by atoms with Crippen LogP contribution in [0, 0.1) is 13.8 Å². The predicted octanol–water partition coefficient (Wildman–Crippen LogP) is 3.38. The third kappa shape index (κ3) is 4.58. The summed E-state index contributed by atoms with van der Waals surface area (Å²) >= 11 is 0. The van der Waals surface area contributed by atoms with Crippen molar-refractivity contribution in [3.63, 3.8) is 0 Å². The van der Waals surface area contributed by atoms with Gasteiger partial charge in [-0.15, -0.1) is 12.4 Å². The molecule has 0 spiro atoms. The van der Waals surface area contributed by atoms with E-state index < -0.39 is 6.04 Å². The van der Waals surface area contributed by atoms with Crippen LogP contribution in [0.4, 0.5) is 0 Å². The Kier molecular flexibility index (Phi) is 6.60. The number of hydrogen-bond donors (Lipinski definition) is 1. The Labute approximate surface area is 138 Å². The quantitative estimate of drug-likeness (QED) is 0.939. The van der Waals surface area contributed by atoms with Crippen molar-refractivity contribution in [2.75, 3.05) is 7.05 Å². The molecule has 0 saturated carbocycles. The van der Waals surface area contributed by atoms with Crippen LogP contribution in [0.2, 0.25) is 0 Å². The van der Waals surface area contributed by atoms with Crippen LogP contribution in [0.25, 0.3) is 0 Å². The van der Waals surface area contributed by atoms with E-state index >= 15 is 0 Å². The summed E-state index contributed by atoms with van der Waals surface area (Å²) in [5.41, 5.74) is 10.4. The van der Waals surface area contributed by atoms with Crippen molar-refractivity contribution in [2.45, 2.75) is 26.4 Å². The first-order valence-corrected chi connectivity index (χ1v) is 7.10. The molecule has 22 heavy (non-hydrogen) atoms. The van der Waals surface area contributed by atoms with Crippen molar-refractivity contribution in [1.29, 1.82) is 0 Å². The van der Waals surface area contributed by atoms with Crippen molar-refractivity contribution >= 4 is 18.3 Å². The number of nitrogens with two attached hydrogens (primary N) is 1. The van der Waals surface area contributed by atoms with Gasteiger partial charge >= 0.3 is 0 Å². The largest absolute Gasteiger partial charge is 0.340 e. The number of rotatable bonds is 4. The minimum atomic E-state index is -0.610. The second-order valence-corrected chi connectivity index (χ2v) is 5.57. The molecule has 3 nitrogen and oxygen atoms in total. The molecule has 2 N–H and O–H groups in total. The van der Waals surface area contributed by atoms with E-state index in [-0.39, 0.29) is 18.3 Å². The van der Waals surface area contributed by atoms with E-state index in [0.29, 0.717) is 6.54 Å². The molecule has 0 heterocycles. The molecule has 0 saturated heterocycles. The monoisotopic (exact) mass is 318 g/mol. The van der Waals surface area contributed by atoms with Gasteiger partial charge in [0, 0.05) is 13.6 Å². The maximum Gasteiger partial charge on any atom is 0.244 e. The zero-order valence-corrected chi connectivity index (χ0v) is 14.1. The number of likely N-dealkylation sites (N-methyl/N-ethyl adjacent to an activating group) is 1. The van der Waals surface area contributed by atoms with Crippen molar-refractivity contribution in [1.82, 2.24) is 4.90 Å². The maximum atomic E-state index is 12.4. The molecule has 0 bridgehead atoms. The Morgan fingerprint density at radius 2 is 1.45 bits per heavy atom. The average molecular weight is 319 g/mol. The average Bonchev–Trinajstić information content (AvgIpc) is 2.49. The summed E-state index contributed by atoms with van der Waals surface area (Å²) in [5.74, 6) is -0.0700. The number of carbonyl (C=O) groups excluding carboxylic acids is 1. The fraction of sp³-hybridized carbons (Fsp3) is 0.278. The summed E-state index contributed by atoms with van der Waals surface area (Å²) in [6.45, 7) is 4.63. The molecule has 2 aromatic carbocycles. The molecular weight excluding hydrogens is 296 g/mol. The highest BCUT2D eigenvalue weighted by molar-refractivity contribution is 5.85. The van der Waals surface area contributed by atoms with Crippen LogP contribution in [0.5, 0.6) is 0 Å². The zero-order chi connectivity index (χ0) is 15.4. The number of benzene rings is 2. The lowest BCUT2D eigenvalue weighted by Gasteiger charge is -2.22. The number of amides is 1. The molecule has 4 heteroatoms. The Morgan fingerprint density at radius 3 is 1.95 bits per heavy atom. The Bertz CT molecular complexity index is 608. The van der Waals surface area contributed by atoms with E-state index in [4.69, 9.17) is 5.73 Å². The van der Waals surface area contributed by atoms with Gasteiger partial charge in [-0.2, -0.15) is 0 Å². The van der Waals surface area contributed by atoms with Crippen molar-refractivity contribution in [2.24, 2.45) is 5.73 Å². The van der Waals surface area contributed by atoms with Gasteiger partial charge in [-0.3, -0.25) is 4.79 Å². The fourth-order valence-corrected chi connectivity index (χ4v) is 2.20. The summed E-state index contributed by atoms with van der Waals surface area (Å²) in [6, 6.07) is 15.3. The summed E-state index contributed by atoms with van der Waals surface area (Å²) in [5, 5.41) is 0. The molecular formula is C18H23ClN2O. The normalized spacial score (nSPS) is 11.5. The van der Waals surface area contributed by atoms with Crippen LogP contribution in [0.3, 0.4) is 0 Å². The molecule has 2 rings (SSSR count). The summed E-state index contributed by atoms with van der Waals surface area (Å²) in [7, 11) is 1.79. The van der Waals surface area contributed by atoms with Gasteiger partial charge in [0.05, 0.1) is 0 Å². The van der Waals surface area contributed by atoms with Crippen molar-refractivity contribution in [3.8, 4) is 0 Å². The fourth-order valence-electron chi connectivity index (χ4n) is 2.20. The van der Waals surface area contributed by atoms with Crippen LogP contribution < -0.4 is 5.73 Å². The van der Waals surface area contributed by atoms with E-state index in [1.54, 1.807) is 11.9 Å². The first kappa shape index (κ1) is 18.2. The topological polar surface area (TPSA) is 46.3 Å². The molecule has 1 atom stereocenters. The SMILES string of the molecule is Cc1ccc(CN(C)C(=O)C(N)c2ccc(C)cc2)cc1.Cl. The van der Waals surface area contributed by atoms with Crippen molar-refractivity contribution < 1.29 is 4.79 Å². The summed E-state index contributed by atoms with van der Waals surface area (Å²) < 4.78 is 0. The maximum absolute atomic E-state index is 12.4. The first-order valence-electron chi connectivity index (χ1n) is 7.10. The van der Waals surface area contributed by atoms with Gasteiger partial charge in [-0.25, -0.2) is 0 Å². The predicted molar refractivity (Wildman–Crippen MR) is 93.0 cm³/mol. The Balaban J connectivity index is 0.00000242. The molecule has 2 aromatic rings. The molecule has 0 aliphatic carbocycles. The lowest BCUT2D eigenvalue weighted by Crippen LogP contribution is -2.35. The zero-order valence-electron chi connectivity index (χ0n) is 13.2. The van der Waals surface area contributed by atoms with E-state index in [1.165, 1.54) is 5.56 Å². The van der Waals surface area contributed by atoms with Gasteiger partial charge in [0.15, 0.2) is 0 Å². The van der Waals surface area contributed by atoms with Gasteiger partial charge in [0.2, 0.25) is 5.91 Å². The van der Waals surface area contributed by atoms with Crippen LogP contribution in [-0.2, 0) is 11.3 Å². The van der Waals surface area contributed by atoms with E-state index in [1.807, 2.05) is 62.4 Å². The second-order valence-electron chi connectivity index (χ2n) is 5.57. The van der Waals surface area contributed by atoms with Gasteiger partial charge < -0.3 is 10.6 Å². The van der Waals surface area contributed by atoms with Crippen LogP contribution >= 0.6 is 12.4 Å². The number of carbonyl (C=O) groups is 1. The molecule has 1 unspecified atom stereocenters. The highest BCUT2D eigenvalue weighted by Crippen LogP contribution is 2.15. The van der Waals surface area contributed by atoms with E-state index in [9.17, 15) is 4.79 Å². The molecule has 0 aromatic heterocycles. The smallest absolute Gasteiger partial charge is 0.244 e. The van der Waals surface area contributed by atoms with Crippen LogP contribution in [-0.4, -0.2) is 17.9 Å². The highest BCUT2D eigenvalue weighted by atomic mass is 35.5. The van der Waals surface area contributed by atoms with Gasteiger partial charge in [-0.05, 0) is 25.0 Å². The molecule has 0 fully saturated rings. The minimum Gasteiger partial charge on any atom is -0.340 e. The Morgan fingerprint density at radius 1 is 1.00 bits per heavy atom. The second kappa shape index (κ2) is 7.97. The van der Waals surface area contributed by atoms with Gasteiger partial charge in [-0.1, -0.05) is 59.7 Å². The highest BCUT2D eigenvalue weighted by Gasteiger charge is 2.19. The first-order chi connectivity index (χ1) is 9.97. The van der Waals surface area contributed by atoms with Crippen LogP contribution in [0.1, 0.15) is 28.3 Å². The third-order valence-electron chi connectivity index (χ3n) is 3.62. The number of nitrogens with zero attached hydrogens (tertiary/aromatic N) is 1. The number of aryl methyl sites for hydroxylation is 2. The van der Waals surface area contributed by atoms with Crippen LogP contribution in [0.15, 0.2) is 48.5 Å². The summed E-state index contributed by atoms with van der Waals surface area (Å²) in [4.78, 5) is 14.1. The lowest BCUT2D eigenvalue weighted by atomic mass is 10.0. The number of halogens is 1. The molecule has 0 radical (unpaired) electrons. The lowest BCUT2D eigenvalue weighted by molar-refractivity contribution is -0.131. The van der Waals surface area contributed by atoms with E-state index in [2.05, 4.69) is 0 Å². The van der Waals surface area contributed by atoms with E-state index in [0.717, 1.165) is 16.7 Å². The molecule has 0 aliphatic heterocycles. The number of hydrogen-bond acceptors (Lipinski definition) is 2. The minimum absolute atomic E-state index is 0.